The number of amides is 2. The SMILES string of the molecule is CC(NC(=O)c1ccc(C2CC2)nc1)C(=O)N1CCC2(CC1)CC2. The number of hydrogen-bond acceptors (Lipinski definition) is 3. The topological polar surface area (TPSA) is 62.3 Å². The van der Waals surface area contributed by atoms with Crippen LogP contribution < -0.4 is 5.32 Å². The Kier molecular flexibility index (Phi) is 3.82. The number of nitrogens with zero attached hydrogens (tertiary/aromatic N) is 2. The van der Waals surface area contributed by atoms with Gasteiger partial charge in [-0.05, 0) is 63.0 Å². The molecule has 1 aliphatic heterocycles. The van der Waals surface area contributed by atoms with Gasteiger partial charge in [-0.3, -0.25) is 14.6 Å². The summed E-state index contributed by atoms with van der Waals surface area (Å²) in [5.74, 6) is 0.388. The fourth-order valence-corrected chi connectivity index (χ4v) is 3.65. The molecule has 1 N–H and O–H groups in total. The standard InChI is InChI=1S/C19H25N3O2/c1-13(18(24)22-10-8-19(6-7-19)9-11-22)21-17(23)15-4-5-16(20-12-15)14-2-3-14/h4-5,12-14H,2-3,6-11H2,1H3,(H,21,23). The normalized spacial score (nSPS) is 23.0. The van der Waals surface area contributed by atoms with Gasteiger partial charge in [0.15, 0.2) is 0 Å². The van der Waals surface area contributed by atoms with Crippen molar-refractivity contribution in [1.82, 2.24) is 15.2 Å². The summed E-state index contributed by atoms with van der Waals surface area (Å²) in [6.07, 6.45) is 8.90. The van der Waals surface area contributed by atoms with E-state index in [1.165, 1.54) is 25.7 Å². The van der Waals surface area contributed by atoms with Crippen LogP contribution in [0.4, 0.5) is 0 Å². The predicted octanol–water partition coefficient (Wildman–Crippen LogP) is 2.48. The van der Waals surface area contributed by atoms with Crippen LogP contribution in [0.2, 0.25) is 0 Å². The molecule has 5 heteroatoms. The van der Waals surface area contributed by atoms with E-state index in [2.05, 4.69) is 10.3 Å². The average molecular weight is 327 g/mol. The third-order valence-corrected chi connectivity index (χ3v) is 5.86. The summed E-state index contributed by atoms with van der Waals surface area (Å²) in [5.41, 5.74) is 2.14. The van der Waals surface area contributed by atoms with Crippen LogP contribution in [0.15, 0.2) is 18.3 Å². The highest BCUT2D eigenvalue weighted by molar-refractivity contribution is 5.97. The van der Waals surface area contributed by atoms with E-state index in [0.717, 1.165) is 31.6 Å². The molecule has 3 aliphatic rings. The predicted molar refractivity (Wildman–Crippen MR) is 90.6 cm³/mol. The Morgan fingerprint density at radius 3 is 2.46 bits per heavy atom. The molecule has 128 valence electrons. The van der Waals surface area contributed by atoms with Crippen molar-refractivity contribution in [2.45, 2.75) is 57.4 Å². The number of rotatable bonds is 4. The van der Waals surface area contributed by atoms with Crippen LogP contribution in [0.3, 0.4) is 0 Å². The van der Waals surface area contributed by atoms with Gasteiger partial charge in [-0.25, -0.2) is 0 Å². The Labute approximate surface area is 142 Å². The van der Waals surface area contributed by atoms with E-state index in [-0.39, 0.29) is 11.8 Å². The molecule has 1 spiro atoms. The van der Waals surface area contributed by atoms with Crippen molar-refractivity contribution in [3.8, 4) is 0 Å². The number of piperidine rings is 1. The van der Waals surface area contributed by atoms with Crippen LogP contribution in [-0.4, -0.2) is 40.8 Å². The monoisotopic (exact) mass is 327 g/mol. The molecule has 1 aromatic heterocycles. The molecule has 1 saturated heterocycles. The largest absolute Gasteiger partial charge is 0.341 e. The van der Waals surface area contributed by atoms with Crippen LogP contribution >= 0.6 is 0 Å². The zero-order chi connectivity index (χ0) is 16.7. The van der Waals surface area contributed by atoms with Gasteiger partial charge in [0.2, 0.25) is 5.91 Å². The molecule has 4 rings (SSSR count). The molecule has 0 bridgehead atoms. The van der Waals surface area contributed by atoms with Gasteiger partial charge in [0.05, 0.1) is 5.56 Å². The zero-order valence-corrected chi connectivity index (χ0v) is 14.3. The minimum Gasteiger partial charge on any atom is -0.341 e. The fourth-order valence-electron chi connectivity index (χ4n) is 3.65. The van der Waals surface area contributed by atoms with Crippen molar-refractivity contribution < 1.29 is 9.59 Å². The lowest BCUT2D eigenvalue weighted by atomic mass is 9.93. The minimum absolute atomic E-state index is 0.0291. The molecule has 3 fully saturated rings. The van der Waals surface area contributed by atoms with Crippen LogP contribution in [0.1, 0.15) is 67.4 Å². The first-order valence-corrected chi connectivity index (χ1v) is 9.12. The van der Waals surface area contributed by atoms with Gasteiger partial charge in [0.1, 0.15) is 6.04 Å². The summed E-state index contributed by atoms with van der Waals surface area (Å²) in [5, 5.41) is 2.82. The van der Waals surface area contributed by atoms with Gasteiger partial charge in [-0.2, -0.15) is 0 Å². The first-order valence-electron chi connectivity index (χ1n) is 9.12. The molecule has 24 heavy (non-hydrogen) atoms. The number of aromatic nitrogens is 1. The highest BCUT2D eigenvalue weighted by Gasteiger charge is 2.45. The molecule has 2 saturated carbocycles. The number of nitrogens with one attached hydrogen (secondary N) is 1. The van der Waals surface area contributed by atoms with Crippen molar-refractivity contribution in [2.24, 2.45) is 5.41 Å². The lowest BCUT2D eigenvalue weighted by Crippen LogP contribution is -2.49. The fraction of sp³-hybridized carbons (Fsp3) is 0.632. The van der Waals surface area contributed by atoms with Gasteiger partial charge in [-0.15, -0.1) is 0 Å². The minimum atomic E-state index is -0.492. The highest BCUT2D eigenvalue weighted by Crippen LogP contribution is 2.53. The number of pyridine rings is 1. The van der Waals surface area contributed by atoms with Gasteiger partial charge in [0, 0.05) is 30.9 Å². The zero-order valence-electron chi connectivity index (χ0n) is 14.3. The summed E-state index contributed by atoms with van der Waals surface area (Å²) >= 11 is 0. The maximum atomic E-state index is 12.5. The van der Waals surface area contributed by atoms with E-state index in [0.29, 0.717) is 16.9 Å². The molecule has 1 atom stereocenters. The second kappa shape index (κ2) is 5.87. The number of carbonyl (C=O) groups is 2. The first kappa shape index (κ1) is 15.6. The molecule has 2 amide bonds. The van der Waals surface area contributed by atoms with Gasteiger partial charge >= 0.3 is 0 Å². The molecule has 1 unspecified atom stereocenters. The lowest BCUT2D eigenvalue weighted by Gasteiger charge is -2.33. The Morgan fingerprint density at radius 1 is 1.21 bits per heavy atom. The van der Waals surface area contributed by atoms with Crippen LogP contribution in [0.5, 0.6) is 0 Å². The smallest absolute Gasteiger partial charge is 0.253 e. The van der Waals surface area contributed by atoms with Crippen molar-refractivity contribution >= 4 is 11.8 Å². The Morgan fingerprint density at radius 2 is 1.92 bits per heavy atom. The average Bonchev–Trinajstić information content (AvgIpc) is 3.51. The van der Waals surface area contributed by atoms with Crippen LogP contribution in [0.25, 0.3) is 0 Å². The van der Waals surface area contributed by atoms with Crippen LogP contribution in [-0.2, 0) is 4.79 Å². The van der Waals surface area contributed by atoms with Crippen LogP contribution in [0, 0.1) is 5.41 Å². The van der Waals surface area contributed by atoms with Crippen molar-refractivity contribution in [3.05, 3.63) is 29.6 Å². The number of carbonyl (C=O) groups excluding carboxylic acids is 2. The number of hydrogen-bond donors (Lipinski definition) is 1. The Balaban J connectivity index is 1.31. The molecular formula is C19H25N3O2. The van der Waals surface area contributed by atoms with E-state index in [1.54, 1.807) is 13.1 Å². The molecule has 0 radical (unpaired) electrons. The molecule has 2 heterocycles. The maximum Gasteiger partial charge on any atom is 0.253 e. The second-order valence-corrected chi connectivity index (χ2v) is 7.77. The van der Waals surface area contributed by atoms with E-state index in [9.17, 15) is 9.59 Å². The molecule has 2 aliphatic carbocycles. The maximum absolute atomic E-state index is 12.5. The lowest BCUT2D eigenvalue weighted by molar-refractivity contribution is -0.134. The Bertz CT molecular complexity index is 637. The van der Waals surface area contributed by atoms with Gasteiger partial charge in [-0.1, -0.05) is 0 Å². The van der Waals surface area contributed by atoms with Crippen molar-refractivity contribution in [3.63, 3.8) is 0 Å². The summed E-state index contributed by atoms with van der Waals surface area (Å²) in [4.78, 5) is 31.2. The van der Waals surface area contributed by atoms with E-state index in [1.807, 2.05) is 17.0 Å². The Hall–Kier alpha value is -1.91. The van der Waals surface area contributed by atoms with E-state index < -0.39 is 6.04 Å². The summed E-state index contributed by atoms with van der Waals surface area (Å²) in [6, 6.07) is 3.25. The molecule has 0 aromatic carbocycles. The van der Waals surface area contributed by atoms with Gasteiger partial charge < -0.3 is 10.2 Å². The van der Waals surface area contributed by atoms with E-state index in [4.69, 9.17) is 0 Å². The summed E-state index contributed by atoms with van der Waals surface area (Å²) < 4.78 is 0. The van der Waals surface area contributed by atoms with E-state index >= 15 is 0 Å². The summed E-state index contributed by atoms with van der Waals surface area (Å²) in [6.45, 7) is 3.43. The van der Waals surface area contributed by atoms with Gasteiger partial charge in [0.25, 0.3) is 5.91 Å². The summed E-state index contributed by atoms with van der Waals surface area (Å²) in [7, 11) is 0. The third-order valence-electron chi connectivity index (χ3n) is 5.86. The third kappa shape index (κ3) is 3.17. The van der Waals surface area contributed by atoms with Crippen molar-refractivity contribution in [2.75, 3.05) is 13.1 Å². The van der Waals surface area contributed by atoms with Crippen molar-refractivity contribution in [1.29, 1.82) is 0 Å². The second-order valence-electron chi connectivity index (χ2n) is 7.77. The highest BCUT2D eigenvalue weighted by atomic mass is 16.2. The first-order chi connectivity index (χ1) is 11.6. The molecule has 5 nitrogen and oxygen atoms in total. The molecule has 1 aromatic rings. The quantitative estimate of drug-likeness (QED) is 0.924. The molecular weight excluding hydrogens is 302 g/mol. The number of likely N-dealkylation sites (tertiary alicyclic amines) is 1.